The van der Waals surface area contributed by atoms with E-state index in [9.17, 15) is 39.9 Å². The molecule has 0 aliphatic heterocycles. The van der Waals surface area contributed by atoms with Crippen LogP contribution in [0.25, 0.3) is 5.76 Å². The third kappa shape index (κ3) is 3.03. The smallest absolute Gasteiger partial charge is 0.255 e. The number of fused-ring (bicyclic) bond motifs is 3. The molecule has 5 atom stereocenters. The predicted molar refractivity (Wildman–Crippen MR) is 125 cm³/mol. The average Bonchev–Trinajstić information content (AvgIpc) is 2.78. The summed E-state index contributed by atoms with van der Waals surface area (Å²) in [5.74, 6) is -9.02. The summed E-state index contributed by atoms with van der Waals surface area (Å²) in [5, 5.41) is 59.2. The van der Waals surface area contributed by atoms with Gasteiger partial charge in [-0.05, 0) is 32.1 Å². The largest absolute Gasteiger partial charge is 0.508 e. The molecule has 0 heterocycles. The Balaban J connectivity index is 2.07. The van der Waals surface area contributed by atoms with Crippen LogP contribution in [-0.2, 0) is 20.8 Å². The number of carbonyl (C=O) groups excluding carboxylic acids is 3. The van der Waals surface area contributed by atoms with E-state index in [0.717, 1.165) is 0 Å². The summed E-state index contributed by atoms with van der Waals surface area (Å²) in [4.78, 5) is 41.9. The third-order valence-corrected chi connectivity index (χ3v) is 7.36. The Morgan fingerprint density at radius 3 is 2.31 bits per heavy atom. The van der Waals surface area contributed by atoms with Crippen molar-refractivity contribution in [3.63, 3.8) is 0 Å². The highest BCUT2D eigenvalue weighted by Crippen LogP contribution is 2.54. The van der Waals surface area contributed by atoms with Gasteiger partial charge < -0.3 is 36.2 Å². The van der Waals surface area contributed by atoms with E-state index in [-0.39, 0.29) is 17.7 Å². The molecule has 3 aliphatic rings. The number of aromatic hydroxyl groups is 1. The van der Waals surface area contributed by atoms with Crippen LogP contribution < -0.4 is 10.6 Å². The Kier molecular flexibility index (Phi) is 5.70. The van der Waals surface area contributed by atoms with Gasteiger partial charge >= 0.3 is 0 Å². The topological polar surface area (TPSA) is 221 Å². The van der Waals surface area contributed by atoms with Crippen LogP contribution >= 0.6 is 0 Å². The quantitative estimate of drug-likeness (QED) is 0.210. The minimum absolute atomic E-state index is 0.102. The molecular weight excluding hydrogens is 474 g/mol. The van der Waals surface area contributed by atoms with Crippen LogP contribution in [-0.4, -0.2) is 93.8 Å². The first-order valence-electron chi connectivity index (χ1n) is 11.0. The number of phenols is 1. The van der Waals surface area contributed by atoms with Gasteiger partial charge in [0, 0.05) is 31.3 Å². The van der Waals surface area contributed by atoms with Gasteiger partial charge in [-0.15, -0.1) is 0 Å². The van der Waals surface area contributed by atoms with Crippen LogP contribution in [0.4, 0.5) is 11.4 Å². The van der Waals surface area contributed by atoms with E-state index in [1.54, 1.807) is 19.0 Å². The molecule has 3 aliphatic carbocycles. The lowest BCUT2D eigenvalue weighted by molar-refractivity contribution is -0.168. The Bertz CT molecular complexity index is 1300. The minimum Gasteiger partial charge on any atom is -0.508 e. The van der Waals surface area contributed by atoms with Crippen molar-refractivity contribution in [3.8, 4) is 5.75 Å². The van der Waals surface area contributed by atoms with Gasteiger partial charge in [-0.3, -0.25) is 19.3 Å². The second kappa shape index (κ2) is 8.11. The van der Waals surface area contributed by atoms with E-state index in [0.29, 0.717) is 11.3 Å². The van der Waals surface area contributed by atoms with Crippen molar-refractivity contribution in [2.45, 2.75) is 24.2 Å². The van der Waals surface area contributed by atoms with Crippen molar-refractivity contribution in [1.82, 2.24) is 4.90 Å². The summed E-state index contributed by atoms with van der Waals surface area (Å²) in [6, 6.07) is -0.00329. The molecule has 8 N–H and O–H groups in total. The SMILES string of the molecule is CN(C)c1cc(N=N)c(O)c2c1CC1C(=C2O)C(=O)[C@]2(O)C(O)=C(C(N)=O)C(=O)[C@@H](N(C)C)C2[C@H]1O. The highest BCUT2D eigenvalue weighted by molar-refractivity contribution is 6.24. The van der Waals surface area contributed by atoms with Gasteiger partial charge in [0.05, 0.1) is 23.6 Å². The highest BCUT2D eigenvalue weighted by Gasteiger charge is 2.67. The Labute approximate surface area is 205 Å². The van der Waals surface area contributed by atoms with Crippen molar-refractivity contribution >= 4 is 34.6 Å². The molecule has 1 saturated carbocycles. The molecule has 36 heavy (non-hydrogen) atoms. The zero-order chi connectivity index (χ0) is 27.0. The summed E-state index contributed by atoms with van der Waals surface area (Å²) in [6.07, 6.45) is -1.77. The number of hydrogen-bond donors (Lipinski definition) is 7. The van der Waals surface area contributed by atoms with E-state index < -0.39 is 75.5 Å². The first-order chi connectivity index (χ1) is 16.7. The normalized spacial score (nSPS) is 29.6. The Morgan fingerprint density at radius 2 is 1.81 bits per heavy atom. The van der Waals surface area contributed by atoms with Crippen LogP contribution in [0.15, 0.2) is 28.1 Å². The number of likely N-dealkylation sites (N-methyl/N-ethyl adjacent to an activating group) is 1. The second-order valence-electron chi connectivity index (χ2n) is 9.67. The molecule has 192 valence electrons. The number of amides is 1. The van der Waals surface area contributed by atoms with Crippen molar-refractivity contribution in [2.75, 3.05) is 33.1 Å². The number of Topliss-reactive ketones (excluding diaryl/α,β-unsaturated/α-hetero) is 2. The zero-order valence-electron chi connectivity index (χ0n) is 20.0. The maximum Gasteiger partial charge on any atom is 0.255 e. The number of rotatable bonds is 4. The molecule has 13 heteroatoms. The molecule has 0 bridgehead atoms. The van der Waals surface area contributed by atoms with E-state index in [1.165, 1.54) is 25.1 Å². The second-order valence-corrected chi connectivity index (χ2v) is 9.67. The summed E-state index contributed by atoms with van der Waals surface area (Å²) in [5.41, 5.74) is 8.58. The fourth-order valence-electron chi connectivity index (χ4n) is 5.78. The molecule has 0 radical (unpaired) electrons. The van der Waals surface area contributed by atoms with Crippen LogP contribution in [0.1, 0.15) is 11.1 Å². The molecule has 2 unspecified atom stereocenters. The summed E-state index contributed by atoms with van der Waals surface area (Å²) in [7, 11) is 6.23. The van der Waals surface area contributed by atoms with Crippen molar-refractivity contribution in [2.24, 2.45) is 22.7 Å². The maximum atomic E-state index is 13.8. The van der Waals surface area contributed by atoms with Gasteiger partial charge in [-0.2, -0.15) is 5.11 Å². The number of nitrogens with one attached hydrogen (secondary N) is 1. The van der Waals surface area contributed by atoms with Crippen molar-refractivity contribution in [1.29, 1.82) is 5.53 Å². The summed E-state index contributed by atoms with van der Waals surface area (Å²) in [6.45, 7) is 0. The Hall–Kier alpha value is -3.81. The van der Waals surface area contributed by atoms with E-state index >= 15 is 0 Å². The first-order valence-corrected chi connectivity index (χ1v) is 11.0. The van der Waals surface area contributed by atoms with E-state index in [2.05, 4.69) is 5.11 Å². The molecule has 1 amide bonds. The van der Waals surface area contributed by atoms with Gasteiger partial charge in [-0.1, -0.05) is 0 Å². The van der Waals surface area contributed by atoms with Crippen LogP contribution in [0.3, 0.4) is 0 Å². The molecule has 1 fully saturated rings. The summed E-state index contributed by atoms with van der Waals surface area (Å²) < 4.78 is 0. The van der Waals surface area contributed by atoms with Crippen LogP contribution in [0, 0.1) is 17.4 Å². The van der Waals surface area contributed by atoms with Gasteiger partial charge in [0.25, 0.3) is 5.91 Å². The molecular formula is C23H27N5O8. The highest BCUT2D eigenvalue weighted by atomic mass is 16.4. The number of anilines is 1. The van der Waals surface area contributed by atoms with Crippen LogP contribution in [0.5, 0.6) is 5.75 Å². The van der Waals surface area contributed by atoms with E-state index in [1.807, 2.05) is 0 Å². The third-order valence-electron chi connectivity index (χ3n) is 7.36. The van der Waals surface area contributed by atoms with Gasteiger partial charge in [0.15, 0.2) is 17.1 Å². The van der Waals surface area contributed by atoms with Crippen LogP contribution in [0.2, 0.25) is 0 Å². The lowest BCUT2D eigenvalue weighted by Crippen LogP contribution is -2.70. The number of benzene rings is 1. The number of aliphatic hydroxyl groups excluding tert-OH is 3. The molecule has 1 aromatic rings. The summed E-state index contributed by atoms with van der Waals surface area (Å²) >= 11 is 0. The Morgan fingerprint density at radius 1 is 1.19 bits per heavy atom. The number of ketones is 2. The van der Waals surface area contributed by atoms with E-state index in [4.69, 9.17) is 11.3 Å². The van der Waals surface area contributed by atoms with Gasteiger partial charge in [0.1, 0.15) is 22.8 Å². The zero-order valence-corrected chi connectivity index (χ0v) is 20.0. The number of primary amides is 1. The lowest BCUT2D eigenvalue weighted by Gasteiger charge is -2.52. The standard InChI is InChI=1S/C23H27N5O8/c1-27(2)10-6-9(26-25)17(30)11-7(10)5-8-12(18(11)31)20(33)23(36)14(16(8)29)15(28(3)4)19(32)13(21(23)34)22(24)35/h6,8,14-16,25,29-31,34,36H,5H2,1-4H3,(H2,24,35)/t8?,14?,15-,16-,23-/m0/s1. The first kappa shape index (κ1) is 25.3. The monoisotopic (exact) mass is 501 g/mol. The fourth-order valence-corrected chi connectivity index (χ4v) is 5.78. The number of carbonyl (C=O) groups is 3. The number of nitrogens with two attached hydrogens (primary N) is 1. The number of nitrogens with zero attached hydrogens (tertiary/aromatic N) is 3. The molecule has 0 saturated heterocycles. The molecule has 4 rings (SSSR count). The molecule has 13 nitrogen and oxygen atoms in total. The number of aliphatic hydroxyl groups is 4. The molecule has 0 spiro atoms. The van der Waals surface area contributed by atoms with Crippen molar-refractivity contribution < 1.29 is 39.9 Å². The lowest BCUT2D eigenvalue weighted by atomic mass is 9.56. The maximum absolute atomic E-state index is 13.8. The average molecular weight is 501 g/mol. The minimum atomic E-state index is -2.97. The molecule has 1 aromatic carbocycles. The van der Waals surface area contributed by atoms with Gasteiger partial charge in [0.2, 0.25) is 5.78 Å². The van der Waals surface area contributed by atoms with Gasteiger partial charge in [-0.25, -0.2) is 5.53 Å². The fraction of sp³-hybridized carbons (Fsp3) is 0.435. The predicted octanol–water partition coefficient (Wildman–Crippen LogP) is -0.337. The number of phenolic OH excluding ortho intramolecular Hbond substituents is 1. The number of hydrogen-bond acceptors (Lipinski definition) is 12. The molecule has 0 aromatic heterocycles. The van der Waals surface area contributed by atoms with Crippen molar-refractivity contribution in [3.05, 3.63) is 34.1 Å².